The van der Waals surface area contributed by atoms with Gasteiger partial charge >= 0.3 is 35.8 Å². The van der Waals surface area contributed by atoms with Crippen molar-refractivity contribution in [2.45, 2.75) is 101 Å². The van der Waals surface area contributed by atoms with Gasteiger partial charge in [0.05, 0.1) is 18.4 Å². The average Bonchev–Trinajstić information content (AvgIpc) is 3.26. The minimum Gasteiger partial charge on any atom is -0.481 e. The van der Waals surface area contributed by atoms with E-state index >= 15 is 0 Å². The zero-order valence-corrected chi connectivity index (χ0v) is 35.6. The molecule has 2 aromatic heterocycles. The molecule has 0 aliphatic carbocycles. The number of benzene rings is 1. The largest absolute Gasteiger partial charge is 0.481 e. The molecule has 0 fully saturated rings. The van der Waals surface area contributed by atoms with Crippen LogP contribution >= 0.6 is 0 Å². The number of aromatic nitrogens is 4. The summed E-state index contributed by atoms with van der Waals surface area (Å²) in [7, 11) is 0. The number of aliphatic carboxylic acids is 6. The van der Waals surface area contributed by atoms with Crippen molar-refractivity contribution in [3.8, 4) is 0 Å². The van der Waals surface area contributed by atoms with E-state index in [4.69, 9.17) is 15.9 Å². The van der Waals surface area contributed by atoms with E-state index in [2.05, 4.69) is 46.5 Å². The number of carbonyl (C=O) groups is 11. The Morgan fingerprint density at radius 3 is 1.31 bits per heavy atom. The summed E-state index contributed by atoms with van der Waals surface area (Å²) in [5, 5.41) is 69.9. The predicted molar refractivity (Wildman–Crippen MR) is 227 cm³/mol. The fourth-order valence-electron chi connectivity index (χ4n) is 5.95. The van der Waals surface area contributed by atoms with Gasteiger partial charge in [-0.2, -0.15) is 4.98 Å². The highest BCUT2D eigenvalue weighted by Gasteiger charge is 2.28. The lowest BCUT2D eigenvalue weighted by atomic mass is 10.1. The van der Waals surface area contributed by atoms with Gasteiger partial charge in [0.25, 0.3) is 11.5 Å². The molecule has 15 N–H and O–H groups in total. The van der Waals surface area contributed by atoms with Crippen LogP contribution in [0.1, 0.15) is 80.3 Å². The molecule has 29 heteroatoms. The van der Waals surface area contributed by atoms with Crippen LogP contribution < -0.4 is 43.2 Å². The normalized spacial score (nSPS) is 13.0. The van der Waals surface area contributed by atoms with Crippen molar-refractivity contribution in [3.63, 3.8) is 0 Å². The Labute approximate surface area is 381 Å². The number of H-pyrrole nitrogens is 1. The molecule has 1 aromatic carbocycles. The number of hydrogen-bond acceptors (Lipinski definition) is 17. The van der Waals surface area contributed by atoms with Crippen LogP contribution in [0.5, 0.6) is 0 Å². The second-order valence-electron chi connectivity index (χ2n) is 14.7. The minimum atomic E-state index is -1.73. The maximum atomic E-state index is 12.9. The zero-order valence-electron chi connectivity index (χ0n) is 35.6. The summed E-state index contributed by atoms with van der Waals surface area (Å²) in [5.41, 5.74) is 5.89. The number of anilines is 2. The molecule has 5 atom stereocenters. The molecule has 366 valence electrons. The number of amides is 5. The lowest BCUT2D eigenvalue weighted by Gasteiger charge is -2.19. The first kappa shape index (κ1) is 53.5. The summed E-state index contributed by atoms with van der Waals surface area (Å²) in [6.07, 6.45) is -4.37. The minimum absolute atomic E-state index is 0.0250. The summed E-state index contributed by atoms with van der Waals surface area (Å²) in [4.78, 5) is 159. The van der Waals surface area contributed by atoms with Crippen LogP contribution in [0, 0.1) is 0 Å². The molecule has 3 aromatic rings. The van der Waals surface area contributed by atoms with E-state index in [9.17, 15) is 78.0 Å². The fourth-order valence-corrected chi connectivity index (χ4v) is 5.95. The maximum Gasteiger partial charge on any atom is 0.326 e. The molecule has 5 amide bonds. The zero-order chi connectivity index (χ0) is 50.7. The summed E-state index contributed by atoms with van der Waals surface area (Å²) in [6, 6.07) is -2.57. The van der Waals surface area contributed by atoms with E-state index in [-0.39, 0.29) is 29.2 Å². The number of nitrogen functional groups attached to an aromatic ring is 1. The molecule has 29 nitrogen and oxygen atoms in total. The topological polar surface area (TPSA) is 479 Å². The molecule has 0 aliphatic rings. The van der Waals surface area contributed by atoms with Crippen molar-refractivity contribution in [2.24, 2.45) is 0 Å². The van der Waals surface area contributed by atoms with Crippen molar-refractivity contribution in [2.75, 3.05) is 11.1 Å². The van der Waals surface area contributed by atoms with E-state index in [0.717, 1.165) is 0 Å². The second-order valence-corrected chi connectivity index (χ2v) is 14.7. The van der Waals surface area contributed by atoms with Gasteiger partial charge in [0, 0.05) is 43.4 Å². The van der Waals surface area contributed by atoms with Crippen molar-refractivity contribution < 1.29 is 83.4 Å². The molecule has 0 bridgehead atoms. The number of hydrogen-bond donors (Lipinski definition) is 14. The Morgan fingerprint density at radius 2 is 0.926 bits per heavy atom. The Kier molecular flexibility index (Phi) is 20.2. The number of rotatable bonds is 29. The molecule has 68 heavy (non-hydrogen) atoms. The average molecular weight is 958 g/mol. The van der Waals surface area contributed by atoms with E-state index in [1.807, 2.05) is 5.32 Å². The number of aromatic amines is 1. The standard InChI is InChI=1S/C39H47N11O18/c40-39-49-31-30(33(58)50-39)43-19(16-42-31)15-41-18-3-1-17(2-4-18)32(57)48-24(38(67)68)8-13-28(54)46-22(36(63)64)6-11-26(52)44-20(34(59)60)5-10-25(51)45-21(35(61)62)7-12-27(53)47-23(37(65)66)9-14-29(55)56/h1-4,16,20-24,41H,5-15H2,(H,44,52)(H,45,51)(H,46,54)(H,47,53)(H,48,57)(H,55,56)(H,59,60)(H,61,62)(H,63,64)(H,65,66)(H,67,68)(H3,40,42,49,50,58)/t20-,21-,22-,23+,24-/m1/s1. The van der Waals surface area contributed by atoms with Crippen LogP contribution in [0.4, 0.5) is 11.6 Å². The van der Waals surface area contributed by atoms with Gasteiger partial charge in [-0.3, -0.25) is 38.5 Å². The lowest BCUT2D eigenvalue weighted by Crippen LogP contribution is -2.46. The SMILES string of the molecule is Nc1nc2ncc(CNc3ccc(C(=O)N[C@H](CCC(=O)N[C@H](CCC(=O)N[C@H](CCC(=O)N[C@H](CCC(=O)N[C@@H](CCC(=O)O)C(=O)O)C(=O)O)C(=O)O)C(=O)O)C(=O)O)cc3)nc2c(=O)[nH]1. The molecule has 0 aliphatic heterocycles. The van der Waals surface area contributed by atoms with E-state index in [0.29, 0.717) is 11.4 Å². The van der Waals surface area contributed by atoms with Crippen molar-refractivity contribution in [3.05, 3.63) is 52.1 Å². The van der Waals surface area contributed by atoms with Crippen LogP contribution in [-0.4, -0.2) is 146 Å². The summed E-state index contributed by atoms with van der Waals surface area (Å²) >= 11 is 0. The summed E-state index contributed by atoms with van der Waals surface area (Å²) in [6.45, 7) is 0.114. The van der Waals surface area contributed by atoms with Gasteiger partial charge in [0.15, 0.2) is 11.2 Å². The molecule has 3 rings (SSSR count). The first-order valence-electron chi connectivity index (χ1n) is 20.2. The fraction of sp³-hybridized carbons (Fsp3) is 0.410. The lowest BCUT2D eigenvalue weighted by molar-refractivity contribution is -0.144. The third kappa shape index (κ3) is 18.0. The van der Waals surface area contributed by atoms with E-state index in [1.165, 1.54) is 30.5 Å². The number of nitrogens with one attached hydrogen (secondary N) is 7. The smallest absolute Gasteiger partial charge is 0.326 e. The molecule has 0 saturated heterocycles. The molecule has 2 heterocycles. The van der Waals surface area contributed by atoms with Gasteiger partial charge in [-0.05, 0) is 56.4 Å². The third-order valence-electron chi connectivity index (χ3n) is 9.53. The molecule has 0 unspecified atom stereocenters. The number of carbonyl (C=O) groups excluding carboxylic acids is 5. The third-order valence-corrected chi connectivity index (χ3v) is 9.53. The quantitative estimate of drug-likeness (QED) is 0.0338. The van der Waals surface area contributed by atoms with Crippen molar-refractivity contribution >= 4 is 88.2 Å². The van der Waals surface area contributed by atoms with Gasteiger partial charge in [-0.1, -0.05) is 0 Å². The maximum absolute atomic E-state index is 12.9. The molecule has 0 radical (unpaired) electrons. The van der Waals surface area contributed by atoms with Crippen molar-refractivity contribution in [1.82, 2.24) is 46.5 Å². The number of fused-ring (bicyclic) bond motifs is 1. The molecule has 0 saturated carbocycles. The highest BCUT2D eigenvalue weighted by Crippen LogP contribution is 2.13. The second kappa shape index (κ2) is 25.6. The van der Waals surface area contributed by atoms with Crippen LogP contribution in [0.2, 0.25) is 0 Å². The van der Waals surface area contributed by atoms with E-state index < -0.39 is 165 Å². The van der Waals surface area contributed by atoms with Crippen LogP contribution in [0.3, 0.4) is 0 Å². The molecule has 0 spiro atoms. The van der Waals surface area contributed by atoms with Crippen LogP contribution in [-0.2, 0) is 54.5 Å². The summed E-state index contributed by atoms with van der Waals surface area (Å²) < 4.78 is 0. The summed E-state index contributed by atoms with van der Waals surface area (Å²) in [5.74, 6) is -14.1. The van der Waals surface area contributed by atoms with Gasteiger partial charge in [0.1, 0.15) is 30.2 Å². The van der Waals surface area contributed by atoms with Crippen LogP contribution in [0.25, 0.3) is 11.2 Å². The first-order valence-corrected chi connectivity index (χ1v) is 20.2. The number of nitrogens with two attached hydrogens (primary N) is 1. The monoisotopic (exact) mass is 957 g/mol. The van der Waals surface area contributed by atoms with Crippen molar-refractivity contribution in [1.29, 1.82) is 0 Å². The highest BCUT2D eigenvalue weighted by atomic mass is 16.4. The highest BCUT2D eigenvalue weighted by molar-refractivity contribution is 5.97. The molecular formula is C39H47N11O18. The van der Waals surface area contributed by atoms with Gasteiger partial charge < -0.3 is 68.3 Å². The first-order chi connectivity index (χ1) is 32.0. The molecular weight excluding hydrogens is 910 g/mol. The van der Waals surface area contributed by atoms with Gasteiger partial charge in [0.2, 0.25) is 29.6 Å². The Bertz CT molecular complexity index is 2460. The van der Waals surface area contributed by atoms with Gasteiger partial charge in [-0.25, -0.2) is 33.9 Å². The van der Waals surface area contributed by atoms with Gasteiger partial charge in [-0.15, -0.1) is 0 Å². The van der Waals surface area contributed by atoms with E-state index in [1.54, 1.807) is 0 Å². The Balaban J connectivity index is 1.44. The number of carboxylic acid groups (broad SMARTS) is 6. The Morgan fingerprint density at radius 1 is 0.544 bits per heavy atom. The number of nitrogens with zero attached hydrogens (tertiary/aromatic N) is 3. The predicted octanol–water partition coefficient (Wildman–Crippen LogP) is -2.65. The Hall–Kier alpha value is -8.79. The number of carboxylic acids is 6. The van der Waals surface area contributed by atoms with Crippen LogP contribution in [0.15, 0.2) is 35.3 Å².